The highest BCUT2D eigenvalue weighted by Crippen LogP contribution is 2.16. The third-order valence-electron chi connectivity index (χ3n) is 2.99. The second kappa shape index (κ2) is 5.38. The molecule has 0 unspecified atom stereocenters. The zero-order valence-electron chi connectivity index (χ0n) is 10.8. The summed E-state index contributed by atoms with van der Waals surface area (Å²) in [7, 11) is -3.46. The van der Waals surface area contributed by atoms with Crippen LogP contribution in [0.25, 0.3) is 0 Å². The predicted molar refractivity (Wildman–Crippen MR) is 66.8 cm³/mol. The molecule has 6 nitrogen and oxygen atoms in total. The van der Waals surface area contributed by atoms with Crippen molar-refractivity contribution in [2.45, 2.75) is 31.8 Å². The van der Waals surface area contributed by atoms with E-state index in [0.29, 0.717) is 26.3 Å². The van der Waals surface area contributed by atoms with Gasteiger partial charge in [-0.05, 0) is 13.3 Å². The molecule has 0 aliphatic carbocycles. The van der Waals surface area contributed by atoms with Gasteiger partial charge >= 0.3 is 0 Å². The first-order chi connectivity index (χ1) is 8.55. The summed E-state index contributed by atoms with van der Waals surface area (Å²) in [6.07, 6.45) is 2.58. The Morgan fingerprint density at radius 3 is 2.67 bits per heavy atom. The molecular weight excluding hydrogens is 254 g/mol. The fraction of sp³-hybridized carbons (Fsp3) is 0.727. The minimum atomic E-state index is -3.46. The van der Waals surface area contributed by atoms with E-state index in [4.69, 9.17) is 4.74 Å². The molecule has 0 radical (unpaired) electrons. The Kier molecular flexibility index (Phi) is 4.04. The number of rotatable bonds is 4. The summed E-state index contributed by atoms with van der Waals surface area (Å²) in [4.78, 5) is 4.17. The summed E-state index contributed by atoms with van der Waals surface area (Å²) in [6, 6.07) is 0. The van der Waals surface area contributed by atoms with Crippen LogP contribution >= 0.6 is 0 Å². The lowest BCUT2D eigenvalue weighted by atomic mass is 10.5. The Bertz CT molecular complexity index is 504. The Hall–Kier alpha value is -0.920. The van der Waals surface area contributed by atoms with Crippen molar-refractivity contribution in [2.75, 3.05) is 26.3 Å². The smallest absolute Gasteiger partial charge is 0.262 e. The van der Waals surface area contributed by atoms with Crippen molar-refractivity contribution in [1.29, 1.82) is 0 Å². The van der Waals surface area contributed by atoms with Gasteiger partial charge in [0.25, 0.3) is 10.0 Å². The van der Waals surface area contributed by atoms with Crippen LogP contribution in [-0.4, -0.2) is 48.6 Å². The lowest BCUT2D eigenvalue weighted by Crippen LogP contribution is -2.40. The number of aromatic nitrogens is 2. The Balaban J connectivity index is 2.26. The van der Waals surface area contributed by atoms with Crippen LogP contribution in [0.2, 0.25) is 0 Å². The summed E-state index contributed by atoms with van der Waals surface area (Å²) < 4.78 is 33.2. The molecule has 18 heavy (non-hydrogen) atoms. The average molecular weight is 273 g/mol. The number of nitrogens with zero attached hydrogens (tertiary/aromatic N) is 3. The first-order valence-electron chi connectivity index (χ1n) is 6.17. The maximum atomic E-state index is 12.4. The summed E-state index contributed by atoms with van der Waals surface area (Å²) in [6.45, 7) is 6.38. The number of imidazole rings is 1. The molecule has 1 aliphatic rings. The van der Waals surface area contributed by atoms with Crippen LogP contribution < -0.4 is 0 Å². The van der Waals surface area contributed by atoms with Gasteiger partial charge in [-0.15, -0.1) is 0 Å². The molecule has 1 saturated heterocycles. The number of morpholine rings is 1. The molecule has 1 aliphatic heterocycles. The maximum Gasteiger partial charge on any atom is 0.262 e. The fourth-order valence-electron chi connectivity index (χ4n) is 1.99. The molecule has 0 atom stereocenters. The molecule has 0 saturated carbocycles. The third-order valence-corrected chi connectivity index (χ3v) is 4.76. The molecule has 2 heterocycles. The van der Waals surface area contributed by atoms with E-state index < -0.39 is 10.0 Å². The van der Waals surface area contributed by atoms with E-state index in [9.17, 15) is 8.42 Å². The van der Waals surface area contributed by atoms with E-state index in [1.165, 1.54) is 4.31 Å². The summed E-state index contributed by atoms with van der Waals surface area (Å²) >= 11 is 0. The molecule has 2 rings (SSSR count). The van der Waals surface area contributed by atoms with Gasteiger partial charge in [0, 0.05) is 25.8 Å². The number of sulfonamides is 1. The standard InChI is InChI=1S/C11H19N3O3S/c1-3-4-13-9-11(12-10(13)2)18(15,16)14-5-7-17-8-6-14/h9H,3-8H2,1-2H3. The van der Waals surface area contributed by atoms with Crippen molar-refractivity contribution >= 4 is 10.0 Å². The molecule has 0 amide bonds. The van der Waals surface area contributed by atoms with Crippen molar-refractivity contribution in [1.82, 2.24) is 13.9 Å². The first kappa shape index (κ1) is 13.5. The van der Waals surface area contributed by atoms with E-state index in [-0.39, 0.29) is 5.03 Å². The van der Waals surface area contributed by atoms with Crippen molar-refractivity contribution in [3.8, 4) is 0 Å². The van der Waals surface area contributed by atoms with Gasteiger partial charge in [-0.3, -0.25) is 0 Å². The van der Waals surface area contributed by atoms with Gasteiger partial charge in [-0.1, -0.05) is 6.92 Å². The van der Waals surface area contributed by atoms with Crippen molar-refractivity contribution < 1.29 is 13.2 Å². The lowest BCUT2D eigenvalue weighted by Gasteiger charge is -2.24. The minimum Gasteiger partial charge on any atom is -0.379 e. The lowest BCUT2D eigenvalue weighted by molar-refractivity contribution is 0.0729. The minimum absolute atomic E-state index is 0.148. The van der Waals surface area contributed by atoms with Gasteiger partial charge in [-0.25, -0.2) is 13.4 Å². The van der Waals surface area contributed by atoms with E-state index in [2.05, 4.69) is 11.9 Å². The van der Waals surface area contributed by atoms with Crippen molar-refractivity contribution in [2.24, 2.45) is 0 Å². The van der Waals surface area contributed by atoms with Crippen LogP contribution in [0.3, 0.4) is 0 Å². The van der Waals surface area contributed by atoms with Gasteiger partial charge in [0.05, 0.1) is 13.2 Å². The van der Waals surface area contributed by atoms with E-state index in [1.807, 2.05) is 11.5 Å². The summed E-state index contributed by atoms with van der Waals surface area (Å²) in [5.41, 5.74) is 0. The third kappa shape index (κ3) is 2.57. The van der Waals surface area contributed by atoms with Gasteiger partial charge in [0.1, 0.15) is 5.82 Å². The van der Waals surface area contributed by atoms with Crippen LogP contribution in [-0.2, 0) is 21.3 Å². The number of ether oxygens (including phenoxy) is 1. The zero-order valence-corrected chi connectivity index (χ0v) is 11.6. The van der Waals surface area contributed by atoms with Gasteiger partial charge in [0.15, 0.2) is 5.03 Å². The van der Waals surface area contributed by atoms with Gasteiger partial charge in [0.2, 0.25) is 0 Å². The van der Waals surface area contributed by atoms with E-state index in [1.54, 1.807) is 6.20 Å². The fourth-order valence-corrected chi connectivity index (χ4v) is 3.39. The van der Waals surface area contributed by atoms with Gasteiger partial charge in [-0.2, -0.15) is 4.31 Å². The largest absolute Gasteiger partial charge is 0.379 e. The topological polar surface area (TPSA) is 64.4 Å². The average Bonchev–Trinajstić information content (AvgIpc) is 2.73. The van der Waals surface area contributed by atoms with E-state index >= 15 is 0 Å². The summed E-state index contributed by atoms with van der Waals surface area (Å²) in [5, 5.41) is 0.148. The molecule has 102 valence electrons. The highest BCUT2D eigenvalue weighted by Gasteiger charge is 2.28. The van der Waals surface area contributed by atoms with Gasteiger partial charge < -0.3 is 9.30 Å². The molecule has 1 aromatic heterocycles. The van der Waals surface area contributed by atoms with Crippen LogP contribution in [0.4, 0.5) is 0 Å². The molecule has 0 aromatic carbocycles. The van der Waals surface area contributed by atoms with Crippen LogP contribution in [0, 0.1) is 6.92 Å². The number of aryl methyl sites for hydroxylation is 2. The molecule has 7 heteroatoms. The normalized spacial score (nSPS) is 18.1. The number of hydrogen-bond acceptors (Lipinski definition) is 4. The van der Waals surface area contributed by atoms with Crippen molar-refractivity contribution in [3.63, 3.8) is 0 Å². The first-order valence-corrected chi connectivity index (χ1v) is 7.61. The second-order valence-electron chi connectivity index (χ2n) is 4.34. The molecule has 1 aromatic rings. The molecule has 1 fully saturated rings. The Morgan fingerprint density at radius 2 is 2.06 bits per heavy atom. The predicted octanol–water partition coefficient (Wildman–Crippen LogP) is 0.622. The Morgan fingerprint density at radius 1 is 1.39 bits per heavy atom. The maximum absolute atomic E-state index is 12.4. The van der Waals surface area contributed by atoms with Crippen LogP contribution in [0.1, 0.15) is 19.2 Å². The highest BCUT2D eigenvalue weighted by molar-refractivity contribution is 7.89. The molecular formula is C11H19N3O3S. The quantitative estimate of drug-likeness (QED) is 0.807. The highest BCUT2D eigenvalue weighted by atomic mass is 32.2. The monoisotopic (exact) mass is 273 g/mol. The molecule has 0 spiro atoms. The number of hydrogen-bond donors (Lipinski definition) is 0. The van der Waals surface area contributed by atoms with E-state index in [0.717, 1.165) is 18.8 Å². The van der Waals surface area contributed by atoms with Crippen LogP contribution in [0.15, 0.2) is 11.2 Å². The SMILES string of the molecule is CCCn1cc(S(=O)(=O)N2CCOCC2)nc1C. The summed E-state index contributed by atoms with van der Waals surface area (Å²) in [5.74, 6) is 0.740. The Labute approximate surface area is 108 Å². The van der Waals surface area contributed by atoms with Crippen LogP contribution in [0.5, 0.6) is 0 Å². The zero-order chi connectivity index (χ0) is 13.2. The molecule has 0 bridgehead atoms. The molecule has 0 N–H and O–H groups in total. The second-order valence-corrected chi connectivity index (χ2v) is 6.22. The van der Waals surface area contributed by atoms with Crippen molar-refractivity contribution in [3.05, 3.63) is 12.0 Å².